The van der Waals surface area contributed by atoms with Crippen LogP contribution < -0.4 is 0 Å². The molecule has 128 valence electrons. The summed E-state index contributed by atoms with van der Waals surface area (Å²) in [4.78, 5) is 14.5. The molecule has 2 rings (SSSR count). The zero-order valence-corrected chi connectivity index (χ0v) is 14.8. The average Bonchev–Trinajstić information content (AvgIpc) is 2.92. The third kappa shape index (κ3) is 3.63. The fourth-order valence-electron chi connectivity index (χ4n) is 3.60. The highest BCUT2D eigenvalue weighted by Gasteiger charge is 2.43. The van der Waals surface area contributed by atoms with Gasteiger partial charge in [-0.2, -0.15) is 17.0 Å². The molecule has 0 bridgehead atoms. The van der Waals surface area contributed by atoms with E-state index in [1.54, 1.807) is 23.3 Å². The van der Waals surface area contributed by atoms with Gasteiger partial charge in [0.25, 0.3) is 10.2 Å². The zero-order chi connectivity index (χ0) is 16.3. The van der Waals surface area contributed by atoms with Crippen LogP contribution in [-0.4, -0.2) is 68.1 Å². The van der Waals surface area contributed by atoms with Gasteiger partial charge in [-0.05, 0) is 25.7 Å². The van der Waals surface area contributed by atoms with E-state index in [4.69, 9.17) is 0 Å². The van der Waals surface area contributed by atoms with Gasteiger partial charge in [0.05, 0.1) is 5.92 Å². The number of hydrogen-bond acceptors (Lipinski definition) is 3. The van der Waals surface area contributed by atoms with E-state index in [9.17, 15) is 13.2 Å². The minimum absolute atomic E-state index is 0.114. The van der Waals surface area contributed by atoms with Gasteiger partial charge in [-0.1, -0.05) is 19.3 Å². The number of nitrogens with zero attached hydrogens (tertiary/aromatic N) is 3. The highest BCUT2D eigenvalue weighted by Crippen LogP contribution is 2.34. The molecule has 1 saturated carbocycles. The molecule has 0 spiro atoms. The first kappa shape index (κ1) is 17.7. The Labute approximate surface area is 134 Å². The Kier molecular flexibility index (Phi) is 5.85. The van der Waals surface area contributed by atoms with Crippen molar-refractivity contribution in [3.63, 3.8) is 0 Å². The first-order valence-corrected chi connectivity index (χ1v) is 9.69. The van der Waals surface area contributed by atoms with Gasteiger partial charge in [0.15, 0.2) is 0 Å². The molecular formula is C15H29N3O3S. The molecule has 0 aromatic carbocycles. The second-order valence-corrected chi connectivity index (χ2v) is 8.77. The molecule has 2 fully saturated rings. The molecular weight excluding hydrogens is 302 g/mol. The van der Waals surface area contributed by atoms with Crippen LogP contribution >= 0.6 is 0 Å². The summed E-state index contributed by atoms with van der Waals surface area (Å²) in [5, 5.41) is 0. The normalized spacial score (nSPS) is 29.5. The topological polar surface area (TPSA) is 60.9 Å². The average molecular weight is 331 g/mol. The Hall–Kier alpha value is -0.660. The van der Waals surface area contributed by atoms with Crippen molar-refractivity contribution in [2.24, 2.45) is 5.92 Å². The van der Waals surface area contributed by atoms with E-state index in [0.29, 0.717) is 6.54 Å². The maximum atomic E-state index is 12.7. The maximum absolute atomic E-state index is 12.7. The van der Waals surface area contributed by atoms with Crippen LogP contribution in [0.4, 0.5) is 0 Å². The molecule has 2 atom stereocenters. The third-order valence-electron chi connectivity index (χ3n) is 4.92. The van der Waals surface area contributed by atoms with Crippen LogP contribution in [0.2, 0.25) is 0 Å². The Bertz CT molecular complexity index is 492. The minimum Gasteiger partial charge on any atom is -0.345 e. The lowest BCUT2D eigenvalue weighted by Gasteiger charge is -2.34. The van der Waals surface area contributed by atoms with Crippen LogP contribution in [0.5, 0.6) is 0 Å². The van der Waals surface area contributed by atoms with Crippen LogP contribution in [-0.2, 0) is 15.0 Å². The van der Waals surface area contributed by atoms with Gasteiger partial charge >= 0.3 is 0 Å². The minimum atomic E-state index is -3.48. The molecule has 0 aromatic rings. The highest BCUT2D eigenvalue weighted by atomic mass is 32.2. The summed E-state index contributed by atoms with van der Waals surface area (Å²) in [7, 11) is 1.50. The van der Waals surface area contributed by atoms with E-state index in [0.717, 1.165) is 51.5 Å². The summed E-state index contributed by atoms with van der Waals surface area (Å²) in [6, 6.07) is -0.180. The lowest BCUT2D eigenvalue weighted by Crippen LogP contribution is -2.50. The van der Waals surface area contributed by atoms with Gasteiger partial charge in [0.2, 0.25) is 5.91 Å². The molecule has 1 amide bonds. The summed E-state index contributed by atoms with van der Waals surface area (Å²) in [6.07, 6.45) is 6.44. The van der Waals surface area contributed by atoms with E-state index in [2.05, 4.69) is 0 Å². The second-order valence-electron chi connectivity index (χ2n) is 6.68. The molecule has 22 heavy (non-hydrogen) atoms. The lowest BCUT2D eigenvalue weighted by molar-refractivity contribution is -0.135. The molecule has 0 radical (unpaired) electrons. The Balaban J connectivity index is 2.31. The molecule has 2 aliphatic rings. The van der Waals surface area contributed by atoms with E-state index < -0.39 is 10.2 Å². The summed E-state index contributed by atoms with van der Waals surface area (Å²) in [5.41, 5.74) is 0. The van der Waals surface area contributed by atoms with Crippen molar-refractivity contribution in [1.29, 1.82) is 0 Å². The number of rotatable bonds is 2. The number of hydrogen-bond donors (Lipinski definition) is 0. The van der Waals surface area contributed by atoms with Gasteiger partial charge in [0.1, 0.15) is 0 Å². The molecule has 0 aromatic heterocycles. The summed E-state index contributed by atoms with van der Waals surface area (Å²) < 4.78 is 28.3. The van der Waals surface area contributed by atoms with Crippen molar-refractivity contribution in [3.05, 3.63) is 0 Å². The molecule has 2 unspecified atom stereocenters. The smallest absolute Gasteiger partial charge is 0.281 e. The first-order valence-electron chi connectivity index (χ1n) is 8.30. The molecule has 1 aliphatic carbocycles. The Morgan fingerprint density at radius 1 is 1.00 bits per heavy atom. The van der Waals surface area contributed by atoms with Gasteiger partial charge in [-0.3, -0.25) is 4.79 Å². The van der Waals surface area contributed by atoms with Crippen molar-refractivity contribution in [3.8, 4) is 0 Å². The van der Waals surface area contributed by atoms with E-state index >= 15 is 0 Å². The van der Waals surface area contributed by atoms with E-state index in [1.807, 2.05) is 7.05 Å². The molecule has 1 aliphatic heterocycles. The van der Waals surface area contributed by atoms with Gasteiger partial charge in [-0.25, -0.2) is 0 Å². The fourth-order valence-corrected chi connectivity index (χ4v) is 4.97. The SMILES string of the molecule is CN1CCCCCCN(S(=O)(=O)N(C)C)C2CCCC2C1=O. The number of fused-ring (bicyclic) bond motifs is 1. The van der Waals surface area contributed by atoms with E-state index in [-0.39, 0.29) is 17.9 Å². The van der Waals surface area contributed by atoms with Gasteiger partial charge < -0.3 is 4.90 Å². The van der Waals surface area contributed by atoms with Crippen molar-refractivity contribution < 1.29 is 13.2 Å². The summed E-state index contributed by atoms with van der Waals surface area (Å²) >= 11 is 0. The van der Waals surface area contributed by atoms with Crippen molar-refractivity contribution in [2.75, 3.05) is 34.2 Å². The van der Waals surface area contributed by atoms with Crippen molar-refractivity contribution >= 4 is 16.1 Å². The van der Waals surface area contributed by atoms with Crippen LogP contribution in [0.25, 0.3) is 0 Å². The van der Waals surface area contributed by atoms with Crippen LogP contribution in [0.3, 0.4) is 0 Å². The van der Waals surface area contributed by atoms with Crippen LogP contribution in [0.1, 0.15) is 44.9 Å². The molecule has 7 heteroatoms. The monoisotopic (exact) mass is 331 g/mol. The van der Waals surface area contributed by atoms with Crippen LogP contribution in [0, 0.1) is 5.92 Å². The van der Waals surface area contributed by atoms with E-state index in [1.165, 1.54) is 4.31 Å². The first-order chi connectivity index (χ1) is 10.4. The predicted octanol–water partition coefficient (Wildman–Crippen LogP) is 1.30. The highest BCUT2D eigenvalue weighted by molar-refractivity contribution is 7.86. The Morgan fingerprint density at radius 3 is 2.27 bits per heavy atom. The molecule has 6 nitrogen and oxygen atoms in total. The zero-order valence-electron chi connectivity index (χ0n) is 14.0. The fraction of sp³-hybridized carbons (Fsp3) is 0.933. The standard InChI is InChI=1S/C15H29N3O3S/c1-16(2)22(20,21)18-12-7-5-4-6-11-17(3)15(19)13-9-8-10-14(13)18/h13-14H,4-12H2,1-3H3. The summed E-state index contributed by atoms with van der Waals surface area (Å²) in [6.45, 7) is 1.31. The maximum Gasteiger partial charge on any atom is 0.281 e. The summed E-state index contributed by atoms with van der Waals surface area (Å²) in [5.74, 6) is -0.0684. The lowest BCUT2D eigenvalue weighted by atomic mass is 10.0. The molecule has 1 heterocycles. The molecule has 1 saturated heterocycles. The van der Waals surface area contributed by atoms with Gasteiger partial charge in [0, 0.05) is 40.3 Å². The quantitative estimate of drug-likeness (QED) is 0.766. The van der Waals surface area contributed by atoms with Gasteiger partial charge in [-0.15, -0.1) is 0 Å². The van der Waals surface area contributed by atoms with Crippen molar-refractivity contribution in [1.82, 2.24) is 13.5 Å². The predicted molar refractivity (Wildman–Crippen MR) is 86.5 cm³/mol. The third-order valence-corrected chi connectivity index (χ3v) is 6.89. The largest absolute Gasteiger partial charge is 0.345 e. The number of carbonyl (C=O) groups is 1. The second kappa shape index (κ2) is 7.27. The van der Waals surface area contributed by atoms with Crippen molar-refractivity contribution in [2.45, 2.75) is 51.0 Å². The number of carbonyl (C=O) groups excluding carboxylic acids is 1. The number of amides is 1. The van der Waals surface area contributed by atoms with Crippen LogP contribution in [0.15, 0.2) is 0 Å². The molecule has 0 N–H and O–H groups in total. The Morgan fingerprint density at radius 2 is 1.64 bits per heavy atom.